The second kappa shape index (κ2) is 3.43. The lowest BCUT2D eigenvalue weighted by Crippen LogP contribution is -2.28. The molecule has 0 fully saturated rings. The molecule has 2 heterocycles. The van der Waals surface area contributed by atoms with E-state index >= 15 is 0 Å². The molecule has 0 spiro atoms. The van der Waals surface area contributed by atoms with Crippen LogP contribution in [0.5, 0.6) is 0 Å². The summed E-state index contributed by atoms with van der Waals surface area (Å²) in [6.07, 6.45) is 0. The van der Waals surface area contributed by atoms with Crippen LogP contribution in [-0.2, 0) is 6.54 Å². The summed E-state index contributed by atoms with van der Waals surface area (Å²) in [5.74, 6) is 1.14. The molecule has 2 N–H and O–H groups in total. The van der Waals surface area contributed by atoms with Crippen molar-refractivity contribution in [2.24, 2.45) is 5.41 Å². The molecular weight excluding hydrogens is 188 g/mol. The lowest BCUT2D eigenvalue weighted by molar-refractivity contribution is 0.421. The Morgan fingerprint density at radius 1 is 1.33 bits per heavy atom. The van der Waals surface area contributed by atoms with Gasteiger partial charge in [0, 0.05) is 19.6 Å². The van der Waals surface area contributed by atoms with Crippen molar-refractivity contribution in [3.63, 3.8) is 0 Å². The molecule has 1 aliphatic heterocycles. The summed E-state index contributed by atoms with van der Waals surface area (Å²) in [6, 6.07) is 0. The van der Waals surface area contributed by atoms with Crippen LogP contribution in [0.2, 0.25) is 0 Å². The summed E-state index contributed by atoms with van der Waals surface area (Å²) in [5.41, 5.74) is 2.53. The maximum atomic E-state index is 4.49. The number of aromatic nitrogens is 2. The van der Waals surface area contributed by atoms with Crippen LogP contribution in [0.15, 0.2) is 0 Å². The van der Waals surface area contributed by atoms with Crippen LogP contribution in [0, 0.1) is 12.3 Å². The largest absolute Gasteiger partial charge is 0.380 e. The van der Waals surface area contributed by atoms with Gasteiger partial charge in [0.05, 0.1) is 5.69 Å². The summed E-state index contributed by atoms with van der Waals surface area (Å²) in [7, 11) is 0. The van der Waals surface area contributed by atoms with Gasteiger partial charge in [-0.05, 0) is 19.3 Å². The monoisotopic (exact) mass is 208 g/mol. The Hall–Kier alpha value is -1.19. The maximum absolute atomic E-state index is 4.49. The van der Waals surface area contributed by atoms with Gasteiger partial charge >= 0.3 is 0 Å². The second-order valence-corrected chi connectivity index (χ2v) is 5.00. The Morgan fingerprint density at radius 3 is 2.67 bits per heavy atom. The summed E-state index contributed by atoms with van der Waals surface area (Å²) in [6.45, 7) is 11.6. The highest BCUT2D eigenvalue weighted by molar-refractivity contribution is 5.69. The minimum Gasteiger partial charge on any atom is -0.380 e. The molecular formula is C11H20N4. The first kappa shape index (κ1) is 10.3. The van der Waals surface area contributed by atoms with Crippen molar-refractivity contribution in [3.8, 4) is 0 Å². The molecule has 0 bridgehead atoms. The van der Waals surface area contributed by atoms with Crippen LogP contribution in [0.4, 0.5) is 11.5 Å². The summed E-state index contributed by atoms with van der Waals surface area (Å²) in [5, 5.41) is 11.5. The van der Waals surface area contributed by atoms with Crippen LogP contribution in [0.3, 0.4) is 0 Å². The fourth-order valence-electron chi connectivity index (χ4n) is 1.91. The van der Waals surface area contributed by atoms with Gasteiger partial charge in [0.15, 0.2) is 0 Å². The fourth-order valence-corrected chi connectivity index (χ4v) is 1.91. The molecule has 0 amide bonds. The molecule has 1 aliphatic rings. The van der Waals surface area contributed by atoms with Crippen molar-refractivity contribution in [1.82, 2.24) is 9.78 Å². The Balaban J connectivity index is 2.36. The Kier molecular flexibility index (Phi) is 2.37. The third-order valence-corrected chi connectivity index (χ3v) is 2.91. The summed E-state index contributed by atoms with van der Waals surface area (Å²) < 4.78 is 2.03. The van der Waals surface area contributed by atoms with Crippen LogP contribution < -0.4 is 10.6 Å². The minimum absolute atomic E-state index is 0.282. The molecule has 4 heteroatoms. The first-order chi connectivity index (χ1) is 7.03. The number of anilines is 2. The first-order valence-electron chi connectivity index (χ1n) is 5.58. The van der Waals surface area contributed by atoms with E-state index in [0.717, 1.165) is 31.1 Å². The van der Waals surface area contributed by atoms with Gasteiger partial charge in [0.2, 0.25) is 0 Å². The SMILES string of the molecule is CCn1nc(C)c2c1NCC(C)(C)CN2. The summed E-state index contributed by atoms with van der Waals surface area (Å²) in [4.78, 5) is 0. The van der Waals surface area contributed by atoms with Gasteiger partial charge in [0.25, 0.3) is 0 Å². The van der Waals surface area contributed by atoms with Gasteiger partial charge < -0.3 is 10.6 Å². The number of hydrogen-bond acceptors (Lipinski definition) is 3. The molecule has 4 nitrogen and oxygen atoms in total. The van der Waals surface area contributed by atoms with Crippen molar-refractivity contribution >= 4 is 11.5 Å². The van der Waals surface area contributed by atoms with Crippen LogP contribution in [0.25, 0.3) is 0 Å². The maximum Gasteiger partial charge on any atom is 0.148 e. The predicted octanol–water partition coefficient (Wildman–Crippen LogP) is 2.08. The third kappa shape index (κ3) is 1.80. The molecule has 0 saturated heterocycles. The van der Waals surface area contributed by atoms with Crippen molar-refractivity contribution in [2.75, 3.05) is 23.7 Å². The minimum atomic E-state index is 0.282. The van der Waals surface area contributed by atoms with E-state index in [0.29, 0.717) is 0 Å². The van der Waals surface area contributed by atoms with Crippen LogP contribution in [-0.4, -0.2) is 22.9 Å². The molecule has 84 valence electrons. The Bertz CT molecular complexity index is 365. The third-order valence-electron chi connectivity index (χ3n) is 2.91. The van der Waals surface area contributed by atoms with E-state index in [2.05, 4.69) is 43.4 Å². The van der Waals surface area contributed by atoms with Gasteiger partial charge in [-0.3, -0.25) is 0 Å². The molecule has 0 atom stereocenters. The van der Waals surface area contributed by atoms with Gasteiger partial charge in [0.1, 0.15) is 11.5 Å². The van der Waals surface area contributed by atoms with Crippen molar-refractivity contribution < 1.29 is 0 Å². The number of aryl methyl sites for hydroxylation is 2. The highest BCUT2D eigenvalue weighted by Crippen LogP contribution is 2.31. The quantitative estimate of drug-likeness (QED) is 0.742. The molecule has 0 aromatic carbocycles. The number of fused-ring (bicyclic) bond motifs is 1. The van der Waals surface area contributed by atoms with Gasteiger partial charge in [-0.1, -0.05) is 13.8 Å². The average Bonchev–Trinajstić information content (AvgIpc) is 2.38. The molecule has 0 saturated carbocycles. The van der Waals surface area contributed by atoms with Gasteiger partial charge in [-0.15, -0.1) is 0 Å². The van der Waals surface area contributed by atoms with E-state index in [1.54, 1.807) is 0 Å². The lowest BCUT2D eigenvalue weighted by Gasteiger charge is -2.22. The van der Waals surface area contributed by atoms with Crippen molar-refractivity contribution in [3.05, 3.63) is 5.69 Å². The van der Waals surface area contributed by atoms with E-state index < -0.39 is 0 Å². The second-order valence-electron chi connectivity index (χ2n) is 5.00. The van der Waals surface area contributed by atoms with Crippen LogP contribution >= 0.6 is 0 Å². The number of hydrogen-bond donors (Lipinski definition) is 2. The van der Waals surface area contributed by atoms with E-state index in [1.165, 1.54) is 5.69 Å². The number of rotatable bonds is 1. The average molecular weight is 208 g/mol. The Labute approximate surface area is 91.1 Å². The zero-order chi connectivity index (χ0) is 11.1. The Morgan fingerprint density at radius 2 is 2.00 bits per heavy atom. The van der Waals surface area contributed by atoms with Crippen LogP contribution in [0.1, 0.15) is 26.5 Å². The topological polar surface area (TPSA) is 41.9 Å². The zero-order valence-corrected chi connectivity index (χ0v) is 10.0. The van der Waals surface area contributed by atoms with E-state index in [9.17, 15) is 0 Å². The highest BCUT2D eigenvalue weighted by Gasteiger charge is 2.25. The smallest absolute Gasteiger partial charge is 0.148 e. The summed E-state index contributed by atoms with van der Waals surface area (Å²) >= 11 is 0. The fraction of sp³-hybridized carbons (Fsp3) is 0.727. The van der Waals surface area contributed by atoms with Crippen molar-refractivity contribution in [1.29, 1.82) is 0 Å². The first-order valence-corrected chi connectivity index (χ1v) is 5.58. The van der Waals surface area contributed by atoms with Crippen molar-refractivity contribution in [2.45, 2.75) is 34.2 Å². The zero-order valence-electron chi connectivity index (χ0n) is 10.0. The van der Waals surface area contributed by atoms with E-state index in [-0.39, 0.29) is 5.41 Å². The van der Waals surface area contributed by atoms with Gasteiger partial charge in [-0.2, -0.15) is 5.10 Å². The molecule has 0 radical (unpaired) electrons. The highest BCUT2D eigenvalue weighted by atomic mass is 15.3. The predicted molar refractivity (Wildman–Crippen MR) is 63.4 cm³/mol. The molecule has 0 aliphatic carbocycles. The van der Waals surface area contributed by atoms with E-state index in [1.807, 2.05) is 4.68 Å². The molecule has 0 unspecified atom stereocenters. The molecule has 1 aromatic rings. The molecule has 15 heavy (non-hydrogen) atoms. The molecule has 2 rings (SSSR count). The number of nitrogens with one attached hydrogen (secondary N) is 2. The molecule has 1 aromatic heterocycles. The lowest BCUT2D eigenvalue weighted by atomic mass is 9.94. The number of nitrogens with zero attached hydrogens (tertiary/aromatic N) is 2. The van der Waals surface area contributed by atoms with E-state index in [4.69, 9.17) is 0 Å². The van der Waals surface area contributed by atoms with Gasteiger partial charge in [-0.25, -0.2) is 4.68 Å². The normalized spacial score (nSPS) is 18.7. The standard InChI is InChI=1S/C11H20N4/c1-5-15-10-9(8(2)14-15)12-6-11(3,4)7-13-10/h12-13H,5-7H2,1-4H3.